The summed E-state index contributed by atoms with van der Waals surface area (Å²) in [5, 5.41) is 13.3. The number of fused-ring (bicyclic) bond motifs is 1. The lowest BCUT2D eigenvalue weighted by Gasteiger charge is -2.22. The van der Waals surface area contributed by atoms with E-state index in [-0.39, 0.29) is 11.8 Å². The minimum atomic E-state index is 0.0506. The quantitative estimate of drug-likeness (QED) is 0.501. The van der Waals surface area contributed by atoms with E-state index in [1.165, 1.54) is 0 Å². The summed E-state index contributed by atoms with van der Waals surface area (Å²) in [5.41, 5.74) is 4.96. The van der Waals surface area contributed by atoms with Crippen LogP contribution >= 0.6 is 0 Å². The molecule has 0 unspecified atom stereocenters. The van der Waals surface area contributed by atoms with Crippen LogP contribution in [0.5, 0.6) is 0 Å². The Morgan fingerprint density at radius 3 is 2.82 bits per heavy atom. The third-order valence-electron chi connectivity index (χ3n) is 6.52. The fourth-order valence-electron chi connectivity index (χ4n) is 4.47. The number of pyridine rings is 1. The van der Waals surface area contributed by atoms with Gasteiger partial charge in [-0.25, -0.2) is 4.98 Å². The van der Waals surface area contributed by atoms with Crippen LogP contribution in [0.15, 0.2) is 48.9 Å². The van der Waals surface area contributed by atoms with Gasteiger partial charge in [0.15, 0.2) is 0 Å². The predicted octanol–water partition coefficient (Wildman–Crippen LogP) is 4.20. The van der Waals surface area contributed by atoms with Crippen LogP contribution in [-0.2, 0) is 16.6 Å². The molecular formula is C25H26N6O2. The molecule has 168 valence electrons. The van der Waals surface area contributed by atoms with E-state index in [0.717, 1.165) is 72.2 Å². The summed E-state index contributed by atoms with van der Waals surface area (Å²) in [6, 6.07) is 10.6. The number of benzene rings is 1. The Morgan fingerprint density at radius 1 is 1.12 bits per heavy atom. The van der Waals surface area contributed by atoms with Gasteiger partial charge < -0.3 is 10.1 Å². The van der Waals surface area contributed by atoms with E-state index in [0.29, 0.717) is 11.9 Å². The van der Waals surface area contributed by atoms with Gasteiger partial charge in [-0.15, -0.1) is 0 Å². The van der Waals surface area contributed by atoms with Gasteiger partial charge in [0.2, 0.25) is 5.91 Å². The molecule has 2 aliphatic rings. The van der Waals surface area contributed by atoms with Crippen LogP contribution in [0.3, 0.4) is 0 Å². The second kappa shape index (κ2) is 8.12. The van der Waals surface area contributed by atoms with Crippen molar-refractivity contribution in [3.05, 3.63) is 48.9 Å². The second-order valence-corrected chi connectivity index (χ2v) is 8.98. The van der Waals surface area contributed by atoms with Crippen molar-refractivity contribution in [2.45, 2.75) is 31.7 Å². The van der Waals surface area contributed by atoms with E-state index < -0.39 is 0 Å². The lowest BCUT2D eigenvalue weighted by Crippen LogP contribution is -2.21. The van der Waals surface area contributed by atoms with Crippen molar-refractivity contribution >= 4 is 22.6 Å². The van der Waals surface area contributed by atoms with Crippen molar-refractivity contribution in [3.8, 4) is 22.4 Å². The number of hydrogen-bond acceptors (Lipinski definition) is 5. The molecule has 1 amide bonds. The van der Waals surface area contributed by atoms with Crippen molar-refractivity contribution in [1.82, 2.24) is 24.5 Å². The molecule has 1 aromatic carbocycles. The minimum absolute atomic E-state index is 0.0506. The highest BCUT2D eigenvalue weighted by Gasteiger charge is 2.30. The predicted molar refractivity (Wildman–Crippen MR) is 126 cm³/mol. The van der Waals surface area contributed by atoms with E-state index >= 15 is 0 Å². The maximum atomic E-state index is 12.2. The van der Waals surface area contributed by atoms with Crippen LogP contribution < -0.4 is 5.32 Å². The Bertz CT molecular complexity index is 1330. The van der Waals surface area contributed by atoms with E-state index in [9.17, 15) is 4.79 Å². The molecule has 1 saturated heterocycles. The summed E-state index contributed by atoms with van der Waals surface area (Å²) in [4.78, 5) is 16.6. The molecule has 1 aliphatic carbocycles. The Morgan fingerprint density at radius 2 is 2.00 bits per heavy atom. The molecular weight excluding hydrogens is 416 g/mol. The molecule has 8 nitrogen and oxygen atoms in total. The molecule has 1 saturated carbocycles. The first-order chi connectivity index (χ1) is 16.2. The van der Waals surface area contributed by atoms with E-state index in [1.807, 2.05) is 34.7 Å². The molecule has 6 rings (SSSR count). The summed E-state index contributed by atoms with van der Waals surface area (Å²) >= 11 is 0. The maximum absolute atomic E-state index is 12.2. The lowest BCUT2D eigenvalue weighted by molar-refractivity contribution is -0.117. The third kappa shape index (κ3) is 3.91. The van der Waals surface area contributed by atoms with E-state index in [4.69, 9.17) is 9.84 Å². The average Bonchev–Trinajstić information content (AvgIpc) is 3.50. The summed E-state index contributed by atoms with van der Waals surface area (Å²) in [6.45, 7) is 1.56. The van der Waals surface area contributed by atoms with Crippen LogP contribution in [0, 0.1) is 5.92 Å². The fourth-order valence-corrected chi connectivity index (χ4v) is 4.47. The second-order valence-electron chi connectivity index (χ2n) is 8.98. The lowest BCUT2D eigenvalue weighted by atomic mass is 10.0. The third-order valence-corrected chi connectivity index (χ3v) is 6.52. The highest BCUT2D eigenvalue weighted by molar-refractivity contribution is 5.98. The fraction of sp³-hybridized carbons (Fsp3) is 0.360. The van der Waals surface area contributed by atoms with Gasteiger partial charge in [0, 0.05) is 42.3 Å². The first-order valence-corrected chi connectivity index (χ1v) is 11.5. The van der Waals surface area contributed by atoms with Crippen molar-refractivity contribution < 1.29 is 9.53 Å². The van der Waals surface area contributed by atoms with Crippen molar-refractivity contribution in [3.63, 3.8) is 0 Å². The topological polar surface area (TPSA) is 86.9 Å². The zero-order valence-corrected chi connectivity index (χ0v) is 18.6. The first kappa shape index (κ1) is 20.1. The Hall–Kier alpha value is -3.52. The molecule has 1 N–H and O–H groups in total. The summed E-state index contributed by atoms with van der Waals surface area (Å²) in [7, 11) is 1.91. The van der Waals surface area contributed by atoms with Crippen LogP contribution in [0.2, 0.25) is 0 Å². The summed E-state index contributed by atoms with van der Waals surface area (Å²) in [5.74, 6) is 0.754. The maximum Gasteiger partial charge on any atom is 0.228 e. The van der Waals surface area contributed by atoms with Crippen LogP contribution in [0.1, 0.15) is 31.7 Å². The number of aryl methyl sites for hydroxylation is 1. The molecule has 2 fully saturated rings. The molecule has 8 heteroatoms. The van der Waals surface area contributed by atoms with Crippen LogP contribution in [-0.4, -0.2) is 43.7 Å². The summed E-state index contributed by atoms with van der Waals surface area (Å²) in [6.07, 6.45) is 9.88. The van der Waals surface area contributed by atoms with Crippen LogP contribution in [0.25, 0.3) is 33.3 Å². The number of amides is 1. The molecule has 0 bridgehead atoms. The van der Waals surface area contributed by atoms with Crippen molar-refractivity contribution in [1.29, 1.82) is 0 Å². The zero-order valence-electron chi connectivity index (χ0n) is 18.6. The monoisotopic (exact) mass is 442 g/mol. The summed E-state index contributed by atoms with van der Waals surface area (Å²) < 4.78 is 9.48. The molecule has 3 aromatic heterocycles. The van der Waals surface area contributed by atoms with Gasteiger partial charge in [-0.1, -0.05) is 18.2 Å². The van der Waals surface area contributed by atoms with Gasteiger partial charge in [0.1, 0.15) is 11.5 Å². The van der Waals surface area contributed by atoms with E-state index in [2.05, 4.69) is 39.8 Å². The number of nitrogens with zero attached hydrogens (tertiary/aromatic N) is 5. The van der Waals surface area contributed by atoms with Gasteiger partial charge in [0.25, 0.3) is 0 Å². The Balaban J connectivity index is 1.33. The van der Waals surface area contributed by atoms with Gasteiger partial charge in [0.05, 0.1) is 30.6 Å². The van der Waals surface area contributed by atoms with Gasteiger partial charge in [-0.2, -0.15) is 10.2 Å². The number of carbonyl (C=O) groups excluding carboxylic acids is 1. The molecule has 4 heterocycles. The van der Waals surface area contributed by atoms with Gasteiger partial charge in [-0.05, 0) is 43.4 Å². The standard InChI is InChI=1S/C25H26N6O2/c1-30-22-13-26-23(28-25(32)16-7-8-16)11-21(22)24(29-30)18-5-2-4-17(10-18)19-12-27-31(14-19)20-6-3-9-33-15-20/h2,4-5,10-14,16,20H,3,6-9,15H2,1H3,(H,26,28,32)/t20-/m0/s1. The normalized spacial score (nSPS) is 18.5. The highest BCUT2D eigenvalue weighted by atomic mass is 16.5. The molecule has 4 aromatic rings. The first-order valence-electron chi connectivity index (χ1n) is 11.5. The van der Waals surface area contributed by atoms with Crippen LogP contribution in [0.4, 0.5) is 5.82 Å². The Kier molecular flexibility index (Phi) is 4.95. The smallest absolute Gasteiger partial charge is 0.228 e. The highest BCUT2D eigenvalue weighted by Crippen LogP contribution is 2.33. The number of rotatable bonds is 5. The minimum Gasteiger partial charge on any atom is -0.379 e. The molecule has 1 atom stereocenters. The number of ether oxygens (including phenoxy) is 1. The van der Waals surface area contributed by atoms with Crippen molar-refractivity contribution in [2.75, 3.05) is 18.5 Å². The van der Waals surface area contributed by atoms with Gasteiger partial charge in [-0.3, -0.25) is 14.2 Å². The largest absolute Gasteiger partial charge is 0.379 e. The average molecular weight is 443 g/mol. The number of anilines is 1. The number of carbonyl (C=O) groups is 1. The van der Waals surface area contributed by atoms with Crippen molar-refractivity contribution in [2.24, 2.45) is 13.0 Å². The number of nitrogens with one attached hydrogen (secondary N) is 1. The SMILES string of the molecule is Cn1nc(-c2cccc(-c3cnn([C@H]4CCCOC4)c3)c2)c2cc(NC(=O)C3CC3)ncc21. The molecule has 1 aliphatic heterocycles. The molecule has 0 radical (unpaired) electrons. The zero-order chi connectivity index (χ0) is 22.4. The molecule has 0 spiro atoms. The molecule has 33 heavy (non-hydrogen) atoms. The van der Waals surface area contributed by atoms with E-state index in [1.54, 1.807) is 6.20 Å². The Labute approximate surface area is 191 Å². The number of aromatic nitrogens is 5. The van der Waals surface area contributed by atoms with Gasteiger partial charge >= 0.3 is 0 Å². The number of hydrogen-bond donors (Lipinski definition) is 1.